The van der Waals surface area contributed by atoms with Crippen molar-refractivity contribution in [3.63, 3.8) is 0 Å². The first kappa shape index (κ1) is 11.1. The summed E-state index contributed by atoms with van der Waals surface area (Å²) in [6, 6.07) is 0. The predicted octanol–water partition coefficient (Wildman–Crippen LogP) is 3.67. The standard InChI is InChI=1S/C11H13F3/c1-4-5-8-6(2)10(13)11(14)7(3)9(8)12/h4-5H2,1-3H3. The molecule has 0 N–H and O–H groups in total. The molecule has 0 atom stereocenters. The van der Waals surface area contributed by atoms with Gasteiger partial charge in [0.05, 0.1) is 0 Å². The van der Waals surface area contributed by atoms with Gasteiger partial charge in [0, 0.05) is 5.56 Å². The first-order chi connectivity index (χ1) is 6.50. The summed E-state index contributed by atoms with van der Waals surface area (Å²) in [4.78, 5) is 0. The highest BCUT2D eigenvalue weighted by molar-refractivity contribution is 5.35. The zero-order chi connectivity index (χ0) is 10.9. The number of halogens is 3. The summed E-state index contributed by atoms with van der Waals surface area (Å²) >= 11 is 0. The van der Waals surface area contributed by atoms with Crippen molar-refractivity contribution in [3.05, 3.63) is 34.1 Å². The van der Waals surface area contributed by atoms with Crippen LogP contribution in [0.25, 0.3) is 0 Å². The molecule has 1 aromatic rings. The van der Waals surface area contributed by atoms with Gasteiger partial charge in [-0.25, -0.2) is 13.2 Å². The van der Waals surface area contributed by atoms with E-state index in [-0.39, 0.29) is 11.1 Å². The Labute approximate surface area is 81.8 Å². The lowest BCUT2D eigenvalue weighted by Crippen LogP contribution is -2.04. The molecular formula is C11H13F3. The van der Waals surface area contributed by atoms with Gasteiger partial charge in [-0.3, -0.25) is 0 Å². The molecule has 0 fully saturated rings. The Bertz CT molecular complexity index is 327. The van der Waals surface area contributed by atoms with E-state index in [2.05, 4.69) is 0 Å². The highest BCUT2D eigenvalue weighted by Crippen LogP contribution is 2.24. The Morgan fingerprint density at radius 1 is 0.857 bits per heavy atom. The van der Waals surface area contributed by atoms with E-state index < -0.39 is 17.5 Å². The minimum absolute atomic E-state index is 0.0902. The molecule has 0 aliphatic rings. The van der Waals surface area contributed by atoms with E-state index in [9.17, 15) is 13.2 Å². The summed E-state index contributed by atoms with van der Waals surface area (Å²) in [5.41, 5.74) is 0.160. The van der Waals surface area contributed by atoms with Crippen LogP contribution >= 0.6 is 0 Å². The van der Waals surface area contributed by atoms with E-state index in [1.54, 1.807) is 0 Å². The van der Waals surface area contributed by atoms with E-state index in [1.165, 1.54) is 13.8 Å². The van der Waals surface area contributed by atoms with Crippen LogP contribution < -0.4 is 0 Å². The zero-order valence-electron chi connectivity index (χ0n) is 8.55. The third-order valence-corrected chi connectivity index (χ3v) is 2.40. The third kappa shape index (κ3) is 1.63. The monoisotopic (exact) mass is 202 g/mol. The summed E-state index contributed by atoms with van der Waals surface area (Å²) in [7, 11) is 0. The van der Waals surface area contributed by atoms with Crippen molar-refractivity contribution in [1.29, 1.82) is 0 Å². The molecular weight excluding hydrogens is 189 g/mol. The van der Waals surface area contributed by atoms with Gasteiger partial charge in [-0.05, 0) is 31.4 Å². The summed E-state index contributed by atoms with van der Waals surface area (Å²) in [6.07, 6.45) is 1.15. The van der Waals surface area contributed by atoms with Gasteiger partial charge in [0.2, 0.25) is 0 Å². The van der Waals surface area contributed by atoms with E-state index in [0.29, 0.717) is 18.4 Å². The van der Waals surface area contributed by atoms with Crippen LogP contribution in [-0.2, 0) is 6.42 Å². The van der Waals surface area contributed by atoms with Gasteiger partial charge in [-0.2, -0.15) is 0 Å². The Kier molecular flexibility index (Phi) is 3.19. The molecule has 0 spiro atoms. The minimum atomic E-state index is -1.07. The van der Waals surface area contributed by atoms with Crippen molar-refractivity contribution in [3.8, 4) is 0 Å². The largest absolute Gasteiger partial charge is 0.206 e. The van der Waals surface area contributed by atoms with Crippen molar-refractivity contribution in [2.45, 2.75) is 33.6 Å². The second-order valence-electron chi connectivity index (χ2n) is 3.42. The summed E-state index contributed by atoms with van der Waals surface area (Å²) in [5, 5.41) is 0. The van der Waals surface area contributed by atoms with Crippen LogP contribution in [0.15, 0.2) is 0 Å². The molecule has 3 heteroatoms. The Hall–Kier alpha value is -0.990. The van der Waals surface area contributed by atoms with Crippen LogP contribution in [0.3, 0.4) is 0 Å². The van der Waals surface area contributed by atoms with Crippen LogP contribution in [-0.4, -0.2) is 0 Å². The van der Waals surface area contributed by atoms with E-state index in [0.717, 1.165) is 0 Å². The molecule has 78 valence electrons. The molecule has 0 radical (unpaired) electrons. The van der Waals surface area contributed by atoms with Gasteiger partial charge >= 0.3 is 0 Å². The lowest BCUT2D eigenvalue weighted by atomic mass is 9.99. The molecule has 0 saturated heterocycles. The van der Waals surface area contributed by atoms with E-state index >= 15 is 0 Å². The third-order valence-electron chi connectivity index (χ3n) is 2.40. The van der Waals surface area contributed by atoms with E-state index in [4.69, 9.17) is 0 Å². The van der Waals surface area contributed by atoms with E-state index in [1.807, 2.05) is 6.92 Å². The highest BCUT2D eigenvalue weighted by atomic mass is 19.2. The van der Waals surface area contributed by atoms with Crippen molar-refractivity contribution >= 4 is 0 Å². The number of rotatable bonds is 2. The molecule has 0 aliphatic carbocycles. The Balaban J connectivity index is 3.43. The second-order valence-corrected chi connectivity index (χ2v) is 3.42. The van der Waals surface area contributed by atoms with Gasteiger partial charge in [0.1, 0.15) is 5.82 Å². The summed E-state index contributed by atoms with van der Waals surface area (Å²) in [5.74, 6) is -2.60. The van der Waals surface area contributed by atoms with Gasteiger partial charge in [0.25, 0.3) is 0 Å². The fourth-order valence-electron chi connectivity index (χ4n) is 1.50. The molecule has 14 heavy (non-hydrogen) atoms. The molecule has 0 unspecified atom stereocenters. The normalized spacial score (nSPS) is 10.7. The molecule has 0 nitrogen and oxygen atoms in total. The lowest BCUT2D eigenvalue weighted by molar-refractivity contribution is 0.474. The second kappa shape index (κ2) is 4.03. The maximum atomic E-state index is 13.5. The van der Waals surface area contributed by atoms with Crippen molar-refractivity contribution in [2.75, 3.05) is 0 Å². The molecule has 0 saturated carbocycles. The van der Waals surface area contributed by atoms with Gasteiger partial charge in [-0.1, -0.05) is 13.3 Å². The van der Waals surface area contributed by atoms with Crippen molar-refractivity contribution < 1.29 is 13.2 Å². The fraction of sp³-hybridized carbons (Fsp3) is 0.455. The SMILES string of the molecule is CCCc1c(C)c(F)c(F)c(C)c1F. The van der Waals surface area contributed by atoms with Crippen molar-refractivity contribution in [2.24, 2.45) is 0 Å². The van der Waals surface area contributed by atoms with Crippen molar-refractivity contribution in [1.82, 2.24) is 0 Å². The molecule has 1 aromatic carbocycles. The maximum Gasteiger partial charge on any atom is 0.164 e. The van der Waals surface area contributed by atoms with Gasteiger partial charge < -0.3 is 0 Å². The van der Waals surface area contributed by atoms with Crippen LogP contribution in [0.2, 0.25) is 0 Å². The first-order valence-corrected chi connectivity index (χ1v) is 4.63. The number of hydrogen-bond acceptors (Lipinski definition) is 0. The van der Waals surface area contributed by atoms with Gasteiger partial charge in [-0.15, -0.1) is 0 Å². The van der Waals surface area contributed by atoms with Crippen LogP contribution in [0, 0.1) is 31.3 Å². The topological polar surface area (TPSA) is 0 Å². The summed E-state index contributed by atoms with van der Waals surface area (Å²) < 4.78 is 39.8. The van der Waals surface area contributed by atoms with Crippen LogP contribution in [0.4, 0.5) is 13.2 Å². The average Bonchev–Trinajstić information content (AvgIpc) is 2.19. The molecule has 0 bridgehead atoms. The molecule has 1 rings (SSSR count). The highest BCUT2D eigenvalue weighted by Gasteiger charge is 2.18. The lowest BCUT2D eigenvalue weighted by Gasteiger charge is -2.11. The maximum absolute atomic E-state index is 13.5. The average molecular weight is 202 g/mol. The Morgan fingerprint density at radius 2 is 1.36 bits per heavy atom. The zero-order valence-corrected chi connectivity index (χ0v) is 8.55. The quantitative estimate of drug-likeness (QED) is 0.642. The van der Waals surface area contributed by atoms with Crippen LogP contribution in [0.1, 0.15) is 30.0 Å². The smallest absolute Gasteiger partial charge is 0.164 e. The molecule has 0 aromatic heterocycles. The first-order valence-electron chi connectivity index (χ1n) is 4.63. The number of hydrogen-bond donors (Lipinski definition) is 0. The summed E-state index contributed by atoms with van der Waals surface area (Å²) in [6.45, 7) is 4.54. The minimum Gasteiger partial charge on any atom is -0.206 e. The molecule has 0 amide bonds. The number of benzene rings is 1. The predicted molar refractivity (Wildman–Crippen MR) is 49.8 cm³/mol. The van der Waals surface area contributed by atoms with Gasteiger partial charge in [0.15, 0.2) is 11.6 Å². The molecule has 0 aliphatic heterocycles. The Morgan fingerprint density at radius 3 is 1.86 bits per heavy atom. The molecule has 0 heterocycles. The van der Waals surface area contributed by atoms with Crippen LogP contribution in [0.5, 0.6) is 0 Å². The fourth-order valence-corrected chi connectivity index (χ4v) is 1.50.